The first kappa shape index (κ1) is 9.37. The number of rotatable bonds is 1. The lowest BCUT2D eigenvalue weighted by molar-refractivity contribution is 0.0804. The molecule has 0 aliphatic carbocycles. The molecule has 3 rings (SSSR count). The molecule has 2 nitrogen and oxygen atoms in total. The van der Waals surface area contributed by atoms with Gasteiger partial charge in [-0.1, -0.05) is 18.2 Å². The van der Waals surface area contributed by atoms with E-state index >= 15 is 0 Å². The normalized spacial score (nSPS) is 25.2. The van der Waals surface area contributed by atoms with E-state index in [2.05, 4.69) is 23.5 Å². The molecule has 0 spiro atoms. The summed E-state index contributed by atoms with van der Waals surface area (Å²) in [6.07, 6.45) is 2.49. The lowest BCUT2D eigenvalue weighted by Crippen LogP contribution is -2.15. The van der Waals surface area contributed by atoms with Crippen LogP contribution >= 0.6 is 0 Å². The summed E-state index contributed by atoms with van der Waals surface area (Å²) in [7, 11) is 0. The standard InChI is InChI=1S/C13H17NO/c1-2-12(9-15-5-1)10-3-4-11-7-14-8-13(11)6-10/h3-4,6,12,14H,1-2,5,7-9H2/t12-/m0/s1. The summed E-state index contributed by atoms with van der Waals surface area (Å²) in [6.45, 7) is 3.93. The predicted molar refractivity (Wildman–Crippen MR) is 59.8 cm³/mol. The van der Waals surface area contributed by atoms with Gasteiger partial charge in [-0.25, -0.2) is 0 Å². The van der Waals surface area contributed by atoms with Crippen molar-refractivity contribution in [2.75, 3.05) is 13.2 Å². The minimum atomic E-state index is 0.629. The van der Waals surface area contributed by atoms with Crippen molar-refractivity contribution in [1.29, 1.82) is 0 Å². The van der Waals surface area contributed by atoms with E-state index in [0.717, 1.165) is 26.3 Å². The van der Waals surface area contributed by atoms with E-state index in [1.54, 1.807) is 0 Å². The van der Waals surface area contributed by atoms with E-state index in [9.17, 15) is 0 Å². The zero-order valence-electron chi connectivity index (χ0n) is 8.96. The first-order valence-corrected chi connectivity index (χ1v) is 5.83. The van der Waals surface area contributed by atoms with Gasteiger partial charge in [-0.2, -0.15) is 0 Å². The van der Waals surface area contributed by atoms with Crippen molar-refractivity contribution in [3.63, 3.8) is 0 Å². The minimum Gasteiger partial charge on any atom is -0.381 e. The van der Waals surface area contributed by atoms with Gasteiger partial charge in [-0.15, -0.1) is 0 Å². The second-order valence-electron chi connectivity index (χ2n) is 4.55. The first-order valence-electron chi connectivity index (χ1n) is 5.83. The lowest BCUT2D eigenvalue weighted by Gasteiger charge is -2.22. The van der Waals surface area contributed by atoms with Crippen molar-refractivity contribution in [3.05, 3.63) is 34.9 Å². The molecule has 15 heavy (non-hydrogen) atoms. The molecule has 0 bridgehead atoms. The van der Waals surface area contributed by atoms with Gasteiger partial charge in [-0.3, -0.25) is 0 Å². The van der Waals surface area contributed by atoms with Gasteiger partial charge in [0.25, 0.3) is 0 Å². The van der Waals surface area contributed by atoms with Gasteiger partial charge >= 0.3 is 0 Å². The predicted octanol–water partition coefficient (Wildman–Crippen LogP) is 2.18. The molecule has 1 fully saturated rings. The van der Waals surface area contributed by atoms with Gasteiger partial charge in [0.05, 0.1) is 6.61 Å². The fraction of sp³-hybridized carbons (Fsp3) is 0.538. The van der Waals surface area contributed by atoms with Crippen LogP contribution in [0.4, 0.5) is 0 Å². The number of ether oxygens (including phenoxy) is 1. The zero-order chi connectivity index (χ0) is 10.1. The Labute approximate surface area is 90.6 Å². The average molecular weight is 203 g/mol. The van der Waals surface area contributed by atoms with Crippen LogP contribution < -0.4 is 5.32 Å². The van der Waals surface area contributed by atoms with Gasteiger partial charge < -0.3 is 10.1 Å². The molecule has 1 saturated heterocycles. The number of fused-ring (bicyclic) bond motifs is 1. The molecule has 1 aromatic rings. The molecule has 2 heteroatoms. The van der Waals surface area contributed by atoms with Crippen LogP contribution in [0.2, 0.25) is 0 Å². The Morgan fingerprint density at radius 3 is 3.00 bits per heavy atom. The van der Waals surface area contributed by atoms with Crippen molar-refractivity contribution >= 4 is 0 Å². The summed E-state index contributed by atoms with van der Waals surface area (Å²) in [5.41, 5.74) is 4.42. The third kappa shape index (κ3) is 1.80. The lowest BCUT2D eigenvalue weighted by atomic mass is 9.91. The van der Waals surface area contributed by atoms with Gasteiger partial charge in [0, 0.05) is 25.6 Å². The molecule has 1 atom stereocenters. The topological polar surface area (TPSA) is 21.3 Å². The first-order chi connectivity index (χ1) is 7.43. The molecule has 0 radical (unpaired) electrons. The molecular weight excluding hydrogens is 186 g/mol. The third-order valence-electron chi connectivity index (χ3n) is 3.49. The molecule has 0 aromatic heterocycles. The zero-order valence-corrected chi connectivity index (χ0v) is 8.96. The van der Waals surface area contributed by atoms with Crippen LogP contribution in [0.15, 0.2) is 18.2 Å². The molecule has 0 amide bonds. The van der Waals surface area contributed by atoms with E-state index in [4.69, 9.17) is 4.74 Å². The highest BCUT2D eigenvalue weighted by atomic mass is 16.5. The van der Waals surface area contributed by atoms with Crippen molar-refractivity contribution in [1.82, 2.24) is 5.32 Å². The van der Waals surface area contributed by atoms with Crippen LogP contribution in [0, 0.1) is 0 Å². The van der Waals surface area contributed by atoms with Crippen molar-refractivity contribution < 1.29 is 4.74 Å². The molecule has 1 N–H and O–H groups in total. The Balaban J connectivity index is 1.85. The highest BCUT2D eigenvalue weighted by molar-refractivity contribution is 5.36. The second-order valence-corrected chi connectivity index (χ2v) is 4.55. The third-order valence-corrected chi connectivity index (χ3v) is 3.49. The number of benzene rings is 1. The summed E-state index contributed by atoms with van der Waals surface area (Å²) in [4.78, 5) is 0. The molecule has 2 heterocycles. The molecule has 80 valence electrons. The average Bonchev–Trinajstić information content (AvgIpc) is 2.77. The number of hydrogen-bond donors (Lipinski definition) is 1. The van der Waals surface area contributed by atoms with Crippen LogP contribution in [0.3, 0.4) is 0 Å². The Kier molecular flexibility index (Phi) is 2.47. The van der Waals surface area contributed by atoms with E-state index in [0.29, 0.717) is 5.92 Å². The highest BCUT2D eigenvalue weighted by Gasteiger charge is 2.18. The van der Waals surface area contributed by atoms with Crippen LogP contribution in [0.5, 0.6) is 0 Å². The second kappa shape index (κ2) is 3.95. The molecule has 2 aliphatic rings. The van der Waals surface area contributed by atoms with Crippen LogP contribution in [0.1, 0.15) is 35.4 Å². The molecule has 0 saturated carbocycles. The van der Waals surface area contributed by atoms with Crippen molar-refractivity contribution in [2.24, 2.45) is 0 Å². The maximum atomic E-state index is 5.54. The van der Waals surface area contributed by atoms with Gasteiger partial charge in [-0.05, 0) is 29.5 Å². The summed E-state index contributed by atoms with van der Waals surface area (Å²) in [5, 5.41) is 3.39. The SMILES string of the molecule is c1cc2c(cc1[C@H]1CCCOC1)CNC2. The summed E-state index contributed by atoms with van der Waals surface area (Å²) in [5.74, 6) is 0.629. The van der Waals surface area contributed by atoms with Gasteiger partial charge in [0.2, 0.25) is 0 Å². The summed E-state index contributed by atoms with van der Waals surface area (Å²) >= 11 is 0. The largest absolute Gasteiger partial charge is 0.381 e. The highest BCUT2D eigenvalue weighted by Crippen LogP contribution is 2.28. The fourth-order valence-corrected chi connectivity index (χ4v) is 2.57. The van der Waals surface area contributed by atoms with E-state index in [-0.39, 0.29) is 0 Å². The summed E-state index contributed by atoms with van der Waals surface area (Å²) < 4.78 is 5.54. The Bertz CT molecular complexity index is 356. The maximum absolute atomic E-state index is 5.54. The van der Waals surface area contributed by atoms with Crippen molar-refractivity contribution in [3.8, 4) is 0 Å². The van der Waals surface area contributed by atoms with Gasteiger partial charge in [0.1, 0.15) is 0 Å². The van der Waals surface area contributed by atoms with Crippen LogP contribution in [0.25, 0.3) is 0 Å². The maximum Gasteiger partial charge on any atom is 0.0534 e. The van der Waals surface area contributed by atoms with Gasteiger partial charge in [0.15, 0.2) is 0 Å². The van der Waals surface area contributed by atoms with Crippen LogP contribution in [-0.2, 0) is 17.8 Å². The monoisotopic (exact) mass is 203 g/mol. The molecule has 1 aromatic carbocycles. The smallest absolute Gasteiger partial charge is 0.0534 e. The van der Waals surface area contributed by atoms with Crippen LogP contribution in [-0.4, -0.2) is 13.2 Å². The molecule has 0 unspecified atom stereocenters. The van der Waals surface area contributed by atoms with E-state index in [1.165, 1.54) is 29.5 Å². The number of nitrogens with one attached hydrogen (secondary N) is 1. The Morgan fingerprint density at radius 1 is 1.20 bits per heavy atom. The Morgan fingerprint density at radius 2 is 2.13 bits per heavy atom. The quantitative estimate of drug-likeness (QED) is 0.755. The van der Waals surface area contributed by atoms with E-state index < -0.39 is 0 Å². The molecular formula is C13H17NO. The van der Waals surface area contributed by atoms with Crippen molar-refractivity contribution in [2.45, 2.75) is 31.8 Å². The molecule has 2 aliphatic heterocycles. The number of hydrogen-bond acceptors (Lipinski definition) is 2. The minimum absolute atomic E-state index is 0.629. The summed E-state index contributed by atoms with van der Waals surface area (Å²) in [6, 6.07) is 6.93. The fourth-order valence-electron chi connectivity index (χ4n) is 2.57. The Hall–Kier alpha value is -0.860. The van der Waals surface area contributed by atoms with E-state index in [1.807, 2.05) is 0 Å².